The number of fused-ring (bicyclic) bond motifs is 1. The molecule has 1 aliphatic rings. The van der Waals surface area contributed by atoms with Gasteiger partial charge in [-0.15, -0.1) is 0 Å². The molecular formula is C30H36N4O7S. The molecule has 2 amide bonds. The van der Waals surface area contributed by atoms with Crippen LogP contribution in [0.4, 0.5) is 16.2 Å². The smallest absolute Gasteiger partial charge is 0.408 e. The average Bonchev–Trinajstić information content (AvgIpc) is 3.18. The minimum atomic E-state index is -4.01. The van der Waals surface area contributed by atoms with E-state index in [4.69, 9.17) is 9.47 Å². The molecule has 0 bridgehead atoms. The third-order valence-corrected chi connectivity index (χ3v) is 7.27. The molecule has 224 valence electrons. The number of esters is 1. The molecule has 0 aromatic heterocycles. The van der Waals surface area contributed by atoms with Crippen LogP contribution in [0.2, 0.25) is 0 Å². The van der Waals surface area contributed by atoms with E-state index in [1.165, 1.54) is 25.4 Å². The summed E-state index contributed by atoms with van der Waals surface area (Å²) in [5.41, 5.74) is 1.03. The zero-order valence-electron chi connectivity index (χ0n) is 24.7. The van der Waals surface area contributed by atoms with Crippen molar-refractivity contribution in [3.8, 4) is 11.8 Å². The zero-order chi connectivity index (χ0) is 31.3. The highest BCUT2D eigenvalue weighted by Gasteiger charge is 2.28. The summed E-state index contributed by atoms with van der Waals surface area (Å²) < 4.78 is 37.5. The molecule has 12 heteroatoms. The summed E-state index contributed by atoms with van der Waals surface area (Å²) in [6.07, 6.45) is 0.888. The van der Waals surface area contributed by atoms with E-state index in [9.17, 15) is 22.8 Å². The van der Waals surface area contributed by atoms with Gasteiger partial charge in [-0.25, -0.2) is 13.2 Å². The number of sulfonamides is 1. The minimum Gasteiger partial charge on any atom is -0.459 e. The van der Waals surface area contributed by atoms with Crippen LogP contribution in [0.1, 0.15) is 52.7 Å². The molecule has 0 radical (unpaired) electrons. The number of nitrogens with one attached hydrogen (secondary N) is 3. The summed E-state index contributed by atoms with van der Waals surface area (Å²) in [5.74, 6) is 4.81. The fourth-order valence-corrected chi connectivity index (χ4v) is 4.95. The fraction of sp³-hybridized carbons (Fsp3) is 0.367. The van der Waals surface area contributed by atoms with Gasteiger partial charge < -0.3 is 25.4 Å². The van der Waals surface area contributed by atoms with Gasteiger partial charge in [-0.05, 0) is 71.9 Å². The van der Waals surface area contributed by atoms with Crippen molar-refractivity contribution in [3.05, 3.63) is 59.8 Å². The Bertz CT molecular complexity index is 1570. The van der Waals surface area contributed by atoms with E-state index >= 15 is 0 Å². The summed E-state index contributed by atoms with van der Waals surface area (Å²) in [6, 6.07) is 11.3. The third-order valence-electron chi connectivity index (χ3n) is 5.47. The Morgan fingerprint density at radius 3 is 2.36 bits per heavy atom. The first-order valence-corrected chi connectivity index (χ1v) is 14.6. The molecule has 1 heterocycles. The lowest BCUT2D eigenvalue weighted by atomic mass is 10.0. The van der Waals surface area contributed by atoms with Crippen molar-refractivity contribution >= 4 is 44.9 Å². The van der Waals surface area contributed by atoms with Crippen molar-refractivity contribution in [2.45, 2.75) is 57.6 Å². The van der Waals surface area contributed by atoms with E-state index in [-0.39, 0.29) is 17.3 Å². The maximum Gasteiger partial charge on any atom is 0.408 e. The summed E-state index contributed by atoms with van der Waals surface area (Å²) in [6.45, 7) is 9.98. The molecule has 3 N–H and O–H groups in total. The molecule has 0 saturated carbocycles. The van der Waals surface area contributed by atoms with Crippen molar-refractivity contribution < 1.29 is 32.3 Å². The molecule has 0 atom stereocenters. The van der Waals surface area contributed by atoms with Gasteiger partial charge in [0.2, 0.25) is 10.0 Å². The molecule has 0 fully saturated rings. The lowest BCUT2D eigenvalue weighted by molar-refractivity contribution is -0.154. The number of benzene rings is 2. The summed E-state index contributed by atoms with van der Waals surface area (Å²) in [7, 11) is -2.71. The number of ether oxygens (including phenoxy) is 2. The second-order valence-electron chi connectivity index (χ2n) is 11.4. The topological polar surface area (TPSA) is 143 Å². The van der Waals surface area contributed by atoms with Crippen LogP contribution in [-0.4, -0.2) is 62.0 Å². The number of hydrogen-bond acceptors (Lipinski definition) is 8. The van der Waals surface area contributed by atoms with Crippen LogP contribution in [-0.2, 0) is 29.1 Å². The normalized spacial score (nSPS) is 14.0. The average molecular weight is 597 g/mol. The van der Waals surface area contributed by atoms with Crippen LogP contribution < -0.4 is 16.0 Å². The number of likely N-dealkylation sites (N-methyl/N-ethyl adjacent to an activating group) is 1. The van der Waals surface area contributed by atoms with Crippen LogP contribution in [0.25, 0.3) is 5.57 Å². The highest BCUT2D eigenvalue weighted by atomic mass is 32.2. The van der Waals surface area contributed by atoms with Gasteiger partial charge in [0.05, 0.1) is 22.7 Å². The fourth-order valence-electron chi connectivity index (χ4n) is 3.78. The predicted octanol–water partition coefficient (Wildman–Crippen LogP) is 3.93. The van der Waals surface area contributed by atoms with Gasteiger partial charge in [-0.3, -0.25) is 9.59 Å². The Hall–Kier alpha value is -4.34. The first-order valence-electron chi connectivity index (χ1n) is 13.1. The number of rotatable bonds is 7. The van der Waals surface area contributed by atoms with Crippen molar-refractivity contribution in [2.75, 3.05) is 30.8 Å². The molecule has 2 aromatic rings. The predicted molar refractivity (Wildman–Crippen MR) is 160 cm³/mol. The number of carbonyl (C=O) groups is 3. The Balaban J connectivity index is 1.78. The lowest BCUT2D eigenvalue weighted by Crippen LogP contribution is -2.36. The van der Waals surface area contributed by atoms with Gasteiger partial charge in [0.15, 0.2) is 0 Å². The van der Waals surface area contributed by atoms with Crippen molar-refractivity contribution in [1.82, 2.24) is 9.62 Å². The van der Waals surface area contributed by atoms with Gasteiger partial charge in [0.1, 0.15) is 17.7 Å². The van der Waals surface area contributed by atoms with E-state index in [1.807, 2.05) is 0 Å². The number of amides is 2. The van der Waals surface area contributed by atoms with Crippen LogP contribution in [0.3, 0.4) is 0 Å². The van der Waals surface area contributed by atoms with Gasteiger partial charge in [0, 0.05) is 30.1 Å². The van der Waals surface area contributed by atoms with E-state index in [0.717, 1.165) is 4.31 Å². The molecule has 11 nitrogen and oxygen atoms in total. The number of alkyl carbamates (subject to hydrolysis) is 1. The minimum absolute atomic E-state index is 0.0426. The molecule has 3 rings (SSSR count). The Morgan fingerprint density at radius 1 is 1.02 bits per heavy atom. The van der Waals surface area contributed by atoms with Gasteiger partial charge in [-0.1, -0.05) is 24.0 Å². The number of anilines is 2. The first kappa shape index (κ1) is 32.2. The Labute approximate surface area is 246 Å². The second-order valence-corrected chi connectivity index (χ2v) is 13.5. The van der Waals surface area contributed by atoms with Gasteiger partial charge in [-0.2, -0.15) is 4.31 Å². The summed E-state index contributed by atoms with van der Waals surface area (Å²) >= 11 is 0. The molecule has 1 aliphatic heterocycles. The molecule has 0 spiro atoms. The highest BCUT2D eigenvalue weighted by Crippen LogP contribution is 2.34. The Morgan fingerprint density at radius 2 is 1.69 bits per heavy atom. The maximum absolute atomic E-state index is 13.1. The van der Waals surface area contributed by atoms with Crippen LogP contribution in [0, 0.1) is 11.8 Å². The van der Waals surface area contributed by atoms with E-state index in [0.29, 0.717) is 28.1 Å². The molecule has 0 saturated heterocycles. The monoisotopic (exact) mass is 596 g/mol. The van der Waals surface area contributed by atoms with Crippen LogP contribution in [0.15, 0.2) is 53.6 Å². The van der Waals surface area contributed by atoms with Crippen molar-refractivity contribution in [2.24, 2.45) is 0 Å². The molecule has 0 aliphatic carbocycles. The van der Waals surface area contributed by atoms with Crippen LogP contribution >= 0.6 is 0 Å². The summed E-state index contributed by atoms with van der Waals surface area (Å²) in [4.78, 5) is 36.8. The molecular weight excluding hydrogens is 560 g/mol. The number of hydrogen-bond donors (Lipinski definition) is 3. The van der Waals surface area contributed by atoms with Gasteiger partial charge in [0.25, 0.3) is 5.91 Å². The first-order chi connectivity index (χ1) is 19.5. The number of carbonyl (C=O) groups excluding carboxylic acids is 3. The number of nitrogens with zero attached hydrogens (tertiary/aromatic N) is 1. The lowest BCUT2D eigenvalue weighted by Gasteiger charge is -2.22. The van der Waals surface area contributed by atoms with Crippen molar-refractivity contribution in [1.29, 1.82) is 0 Å². The largest absolute Gasteiger partial charge is 0.459 e. The SMILES string of the molecule is CN(CC(=O)OC(C)(C)C)S(=O)(=O)c1cccc(N/C=C2\C(=O)Nc3cccc(C#CCNC(=O)OC(C)(C)C)c32)c1. The molecule has 42 heavy (non-hydrogen) atoms. The van der Waals surface area contributed by atoms with E-state index < -0.39 is 39.8 Å². The van der Waals surface area contributed by atoms with Crippen LogP contribution in [0.5, 0.6) is 0 Å². The standard InChI is InChI=1S/C30H36N4O7S/c1-29(2,3)40-25(35)19-34(7)42(38,39)22-14-9-13-21(17-22)32-18-23-26-20(11-8-15-24(26)33-27(23)36)12-10-16-31-28(37)41-30(4,5)6/h8-9,11,13-15,17-18,32H,16,19H2,1-7H3,(H,31,37)(H,33,36)/b23-18-. The Kier molecular flexibility index (Phi) is 9.71. The highest BCUT2D eigenvalue weighted by molar-refractivity contribution is 7.89. The zero-order valence-corrected chi connectivity index (χ0v) is 25.6. The molecule has 0 unspecified atom stereocenters. The van der Waals surface area contributed by atoms with Gasteiger partial charge >= 0.3 is 12.1 Å². The third kappa shape index (κ3) is 8.83. The van der Waals surface area contributed by atoms with Crippen molar-refractivity contribution in [3.63, 3.8) is 0 Å². The summed E-state index contributed by atoms with van der Waals surface area (Å²) in [5, 5.41) is 8.35. The maximum atomic E-state index is 13.1. The van der Waals surface area contributed by atoms with E-state index in [1.54, 1.807) is 71.9 Å². The quantitative estimate of drug-likeness (QED) is 0.248. The molecule has 2 aromatic carbocycles. The second kappa shape index (κ2) is 12.7. The van der Waals surface area contributed by atoms with E-state index in [2.05, 4.69) is 27.8 Å².